The van der Waals surface area contributed by atoms with Crippen molar-refractivity contribution in [1.29, 1.82) is 0 Å². The van der Waals surface area contributed by atoms with Gasteiger partial charge in [-0.15, -0.1) is 0 Å². The van der Waals surface area contributed by atoms with Gasteiger partial charge < -0.3 is 4.74 Å². The first-order chi connectivity index (χ1) is 11.3. The van der Waals surface area contributed by atoms with Crippen molar-refractivity contribution in [2.24, 2.45) is 0 Å². The van der Waals surface area contributed by atoms with Crippen LogP contribution < -0.4 is 4.74 Å². The summed E-state index contributed by atoms with van der Waals surface area (Å²) in [6, 6.07) is 15.6. The Bertz CT molecular complexity index is 697. The van der Waals surface area contributed by atoms with Gasteiger partial charge in [-0.2, -0.15) is 0 Å². The summed E-state index contributed by atoms with van der Waals surface area (Å²) in [4.78, 5) is 2.36. The summed E-state index contributed by atoms with van der Waals surface area (Å²) >= 11 is 0. The van der Waals surface area contributed by atoms with E-state index in [1.54, 1.807) is 0 Å². The number of benzene rings is 2. The maximum atomic E-state index is 5.92. The number of rotatable bonds is 4. The van der Waals surface area contributed by atoms with Crippen LogP contribution in [0, 0.1) is 0 Å². The van der Waals surface area contributed by atoms with Gasteiger partial charge in [0.1, 0.15) is 5.75 Å². The van der Waals surface area contributed by atoms with Gasteiger partial charge in [0.05, 0.1) is 6.61 Å². The van der Waals surface area contributed by atoms with Crippen molar-refractivity contribution in [2.45, 2.75) is 52.1 Å². The predicted molar refractivity (Wildman–Crippen MR) is 101 cm³/mol. The Hall–Kier alpha value is -1.80. The van der Waals surface area contributed by atoms with E-state index >= 15 is 0 Å². The summed E-state index contributed by atoms with van der Waals surface area (Å²) in [5, 5.41) is 0. The van der Waals surface area contributed by atoms with Gasteiger partial charge in [0.2, 0.25) is 0 Å². The van der Waals surface area contributed by atoms with Crippen LogP contribution in [0.3, 0.4) is 0 Å². The standard InChI is InChI=1S/C22H29NO/c1-16-15-24-21-18(7-6-8-20(16)21)14-23(5)13-17-9-11-19(12-10-17)22(2,3)4/h6-12,16H,13-15H2,1-5H3. The van der Waals surface area contributed by atoms with E-state index in [0.29, 0.717) is 5.92 Å². The van der Waals surface area contributed by atoms with Gasteiger partial charge in [-0.05, 0) is 23.6 Å². The molecule has 0 aliphatic carbocycles. The van der Waals surface area contributed by atoms with Gasteiger partial charge in [0.25, 0.3) is 0 Å². The highest BCUT2D eigenvalue weighted by atomic mass is 16.5. The van der Waals surface area contributed by atoms with Gasteiger partial charge in [-0.3, -0.25) is 4.90 Å². The van der Waals surface area contributed by atoms with Crippen LogP contribution in [0.25, 0.3) is 0 Å². The lowest BCUT2D eigenvalue weighted by Crippen LogP contribution is -2.18. The average molecular weight is 323 g/mol. The quantitative estimate of drug-likeness (QED) is 0.775. The summed E-state index contributed by atoms with van der Waals surface area (Å²) in [6.07, 6.45) is 0. The number of fused-ring (bicyclic) bond motifs is 1. The smallest absolute Gasteiger partial charge is 0.127 e. The minimum absolute atomic E-state index is 0.211. The van der Waals surface area contributed by atoms with Crippen molar-refractivity contribution < 1.29 is 4.74 Å². The lowest BCUT2D eigenvalue weighted by Gasteiger charge is -2.21. The van der Waals surface area contributed by atoms with E-state index in [4.69, 9.17) is 4.74 Å². The predicted octanol–water partition coefficient (Wildman–Crippen LogP) is 5.11. The summed E-state index contributed by atoms with van der Waals surface area (Å²) < 4.78 is 5.92. The highest BCUT2D eigenvalue weighted by Crippen LogP contribution is 2.36. The highest BCUT2D eigenvalue weighted by Gasteiger charge is 2.23. The maximum Gasteiger partial charge on any atom is 0.127 e. The Labute approximate surface area is 146 Å². The summed E-state index contributed by atoms with van der Waals surface area (Å²) in [5.74, 6) is 1.62. The lowest BCUT2D eigenvalue weighted by molar-refractivity contribution is 0.300. The molecular formula is C22H29NO. The van der Waals surface area contributed by atoms with Gasteiger partial charge in [0, 0.05) is 30.1 Å². The average Bonchev–Trinajstić information content (AvgIpc) is 2.90. The molecule has 0 aromatic heterocycles. The van der Waals surface area contributed by atoms with Crippen LogP contribution >= 0.6 is 0 Å². The highest BCUT2D eigenvalue weighted by molar-refractivity contribution is 5.46. The zero-order chi connectivity index (χ0) is 17.3. The fourth-order valence-electron chi connectivity index (χ4n) is 3.36. The largest absolute Gasteiger partial charge is 0.492 e. The molecule has 0 saturated carbocycles. The number of hydrogen-bond acceptors (Lipinski definition) is 2. The van der Waals surface area contributed by atoms with Crippen LogP contribution in [-0.2, 0) is 18.5 Å². The molecule has 0 spiro atoms. The van der Waals surface area contributed by atoms with Crippen molar-refractivity contribution in [3.63, 3.8) is 0 Å². The van der Waals surface area contributed by atoms with Crippen molar-refractivity contribution in [2.75, 3.05) is 13.7 Å². The topological polar surface area (TPSA) is 12.5 Å². The zero-order valence-corrected chi connectivity index (χ0v) is 15.6. The summed E-state index contributed by atoms with van der Waals surface area (Å²) in [6.45, 7) is 11.7. The van der Waals surface area contributed by atoms with Crippen LogP contribution in [0.5, 0.6) is 5.75 Å². The molecule has 1 atom stereocenters. The summed E-state index contributed by atoms with van der Waals surface area (Å²) in [5.41, 5.74) is 5.61. The van der Waals surface area contributed by atoms with Crippen LogP contribution in [0.1, 0.15) is 55.9 Å². The second kappa shape index (κ2) is 6.60. The summed E-state index contributed by atoms with van der Waals surface area (Å²) in [7, 11) is 2.18. The van der Waals surface area contributed by atoms with Gasteiger partial charge >= 0.3 is 0 Å². The third kappa shape index (κ3) is 3.64. The van der Waals surface area contributed by atoms with Crippen molar-refractivity contribution in [3.8, 4) is 5.75 Å². The van der Waals surface area contributed by atoms with E-state index in [0.717, 1.165) is 25.4 Å². The first-order valence-corrected chi connectivity index (χ1v) is 8.87. The second-order valence-corrected chi connectivity index (χ2v) is 8.17. The van der Waals surface area contributed by atoms with E-state index in [1.807, 2.05) is 0 Å². The Morgan fingerprint density at radius 2 is 1.75 bits per heavy atom. The molecule has 2 heteroatoms. The van der Waals surface area contributed by atoms with E-state index in [9.17, 15) is 0 Å². The number of nitrogens with zero attached hydrogens (tertiary/aromatic N) is 1. The van der Waals surface area contributed by atoms with Gasteiger partial charge in [-0.25, -0.2) is 0 Å². The molecule has 2 nitrogen and oxygen atoms in total. The number of hydrogen-bond donors (Lipinski definition) is 0. The number of ether oxygens (including phenoxy) is 1. The Morgan fingerprint density at radius 3 is 2.42 bits per heavy atom. The van der Waals surface area contributed by atoms with E-state index in [1.165, 1.54) is 22.3 Å². The molecule has 0 bridgehead atoms. The van der Waals surface area contributed by atoms with E-state index in [-0.39, 0.29) is 5.41 Å². The fourth-order valence-corrected chi connectivity index (χ4v) is 3.36. The molecule has 2 aromatic rings. The molecule has 24 heavy (non-hydrogen) atoms. The minimum atomic E-state index is 0.211. The molecule has 0 fully saturated rings. The molecule has 2 aromatic carbocycles. The SMILES string of the molecule is CC1COc2c(CN(C)Cc3ccc(C(C)(C)C)cc3)cccc21. The first-order valence-electron chi connectivity index (χ1n) is 8.87. The molecule has 1 heterocycles. The normalized spacial score (nSPS) is 17.0. The first kappa shape index (κ1) is 17.0. The molecule has 0 amide bonds. The lowest BCUT2D eigenvalue weighted by atomic mass is 9.87. The van der Waals surface area contributed by atoms with Crippen LogP contribution in [0.4, 0.5) is 0 Å². The molecule has 3 rings (SSSR count). The molecule has 1 unspecified atom stereocenters. The van der Waals surface area contributed by atoms with Gasteiger partial charge in [0.15, 0.2) is 0 Å². The fraction of sp³-hybridized carbons (Fsp3) is 0.455. The van der Waals surface area contributed by atoms with Crippen molar-refractivity contribution >= 4 is 0 Å². The monoisotopic (exact) mass is 323 g/mol. The van der Waals surface area contributed by atoms with Crippen LogP contribution in [0.15, 0.2) is 42.5 Å². The molecule has 1 aliphatic rings. The molecule has 0 N–H and O–H groups in total. The molecule has 128 valence electrons. The van der Waals surface area contributed by atoms with E-state index < -0.39 is 0 Å². The Kier molecular flexibility index (Phi) is 4.69. The molecular weight excluding hydrogens is 294 g/mol. The molecule has 1 aliphatic heterocycles. The van der Waals surface area contributed by atoms with Crippen molar-refractivity contribution in [3.05, 3.63) is 64.7 Å². The third-order valence-corrected chi connectivity index (χ3v) is 4.85. The zero-order valence-electron chi connectivity index (χ0n) is 15.6. The van der Waals surface area contributed by atoms with E-state index in [2.05, 4.69) is 82.1 Å². The maximum absolute atomic E-state index is 5.92. The molecule has 0 radical (unpaired) electrons. The number of para-hydroxylation sites is 1. The molecule has 0 saturated heterocycles. The Morgan fingerprint density at radius 1 is 1.04 bits per heavy atom. The van der Waals surface area contributed by atoms with Crippen LogP contribution in [-0.4, -0.2) is 18.6 Å². The van der Waals surface area contributed by atoms with Gasteiger partial charge in [-0.1, -0.05) is 70.2 Å². The Balaban J connectivity index is 1.67. The van der Waals surface area contributed by atoms with Crippen LogP contribution in [0.2, 0.25) is 0 Å². The second-order valence-electron chi connectivity index (χ2n) is 8.17. The third-order valence-electron chi connectivity index (χ3n) is 4.85. The minimum Gasteiger partial charge on any atom is -0.492 e. The van der Waals surface area contributed by atoms with Crippen molar-refractivity contribution in [1.82, 2.24) is 4.90 Å².